The second-order valence-corrected chi connectivity index (χ2v) is 9.03. The van der Waals surface area contributed by atoms with Crippen molar-refractivity contribution in [3.05, 3.63) is 71.5 Å². The summed E-state index contributed by atoms with van der Waals surface area (Å²) in [6.07, 6.45) is 0.869. The third kappa shape index (κ3) is 2.90. The molecule has 3 aliphatic heterocycles. The Morgan fingerprint density at radius 1 is 1.03 bits per heavy atom. The lowest BCUT2D eigenvalue weighted by Crippen LogP contribution is -2.55. The topological polar surface area (TPSA) is 71.8 Å². The molecule has 0 aliphatic carbocycles. The molecule has 0 bridgehead atoms. The highest BCUT2D eigenvalue weighted by Crippen LogP contribution is 2.52. The molecule has 8 heteroatoms. The van der Waals surface area contributed by atoms with E-state index in [0.29, 0.717) is 37.9 Å². The van der Waals surface area contributed by atoms with E-state index in [1.54, 1.807) is 18.2 Å². The average molecular weight is 452 g/mol. The van der Waals surface area contributed by atoms with Crippen molar-refractivity contribution >= 4 is 22.7 Å². The van der Waals surface area contributed by atoms with Crippen molar-refractivity contribution in [2.24, 2.45) is 0 Å². The number of carbonyl (C=O) groups is 2. The number of piperidine rings is 1. The Hall–Kier alpha value is -3.10. The molecule has 2 atom stereocenters. The van der Waals surface area contributed by atoms with E-state index in [1.165, 1.54) is 4.90 Å². The molecule has 1 amide bonds. The molecule has 3 saturated heterocycles. The Labute approximate surface area is 188 Å². The number of ketones is 1. The van der Waals surface area contributed by atoms with Gasteiger partial charge in [0.25, 0.3) is 5.91 Å². The third-order valence-electron chi connectivity index (χ3n) is 7.20. The number of rotatable bonds is 3. The SMILES string of the molecule is O=C1N2C(CCC2(C(=O)c2cc3ccccc3o2)c2cc(F)cc(F)c2)OC12CCNCC2. The largest absolute Gasteiger partial charge is 0.453 e. The number of hydrogen-bond acceptors (Lipinski definition) is 5. The van der Waals surface area contributed by atoms with Crippen LogP contribution in [0.3, 0.4) is 0 Å². The second kappa shape index (κ2) is 7.20. The molecule has 3 fully saturated rings. The fourth-order valence-electron chi connectivity index (χ4n) is 5.66. The highest BCUT2D eigenvalue weighted by atomic mass is 19.1. The highest BCUT2D eigenvalue weighted by molar-refractivity contribution is 6.07. The lowest BCUT2D eigenvalue weighted by Gasteiger charge is -2.38. The zero-order chi connectivity index (χ0) is 22.8. The number of fused-ring (bicyclic) bond motifs is 2. The molecule has 3 aliphatic rings. The van der Waals surface area contributed by atoms with E-state index >= 15 is 0 Å². The van der Waals surface area contributed by atoms with Gasteiger partial charge in [-0.2, -0.15) is 0 Å². The Balaban J connectivity index is 1.53. The van der Waals surface area contributed by atoms with Crippen LogP contribution in [-0.4, -0.2) is 41.5 Å². The van der Waals surface area contributed by atoms with E-state index in [1.807, 2.05) is 12.1 Å². The Morgan fingerprint density at radius 3 is 2.48 bits per heavy atom. The number of Topliss-reactive ketones (excluding diaryl/α,β-unsaturated/α-hetero) is 1. The summed E-state index contributed by atoms with van der Waals surface area (Å²) < 4.78 is 40.8. The van der Waals surface area contributed by atoms with Crippen molar-refractivity contribution in [3.63, 3.8) is 0 Å². The van der Waals surface area contributed by atoms with Crippen LogP contribution in [0.4, 0.5) is 8.78 Å². The minimum Gasteiger partial charge on any atom is -0.453 e. The predicted molar refractivity (Wildman–Crippen MR) is 114 cm³/mol. The van der Waals surface area contributed by atoms with Gasteiger partial charge in [0.05, 0.1) is 0 Å². The van der Waals surface area contributed by atoms with Crippen molar-refractivity contribution in [1.29, 1.82) is 0 Å². The summed E-state index contributed by atoms with van der Waals surface area (Å²) in [5, 5.41) is 3.95. The Morgan fingerprint density at radius 2 is 1.76 bits per heavy atom. The summed E-state index contributed by atoms with van der Waals surface area (Å²) >= 11 is 0. The molecule has 3 aromatic rings. The van der Waals surface area contributed by atoms with Gasteiger partial charge >= 0.3 is 0 Å². The highest BCUT2D eigenvalue weighted by Gasteiger charge is 2.65. The summed E-state index contributed by atoms with van der Waals surface area (Å²) in [5.74, 6) is -2.39. The third-order valence-corrected chi connectivity index (χ3v) is 7.20. The van der Waals surface area contributed by atoms with Crippen LogP contribution >= 0.6 is 0 Å². The maximum atomic E-state index is 14.4. The van der Waals surface area contributed by atoms with Gasteiger partial charge in [0.15, 0.2) is 11.4 Å². The normalized spacial score (nSPS) is 26.3. The van der Waals surface area contributed by atoms with E-state index < -0.39 is 34.8 Å². The van der Waals surface area contributed by atoms with Gasteiger partial charge in [0, 0.05) is 11.5 Å². The van der Waals surface area contributed by atoms with Gasteiger partial charge in [-0.15, -0.1) is 0 Å². The standard InChI is InChI=1S/C25H22F2N2O4/c26-17-12-16(13-18(27)14-17)25(22(30)20-11-15-3-1-2-4-19(15)32-20)6-5-21-29(25)23(31)24(33-21)7-9-28-10-8-24/h1-4,11-14,21,28H,5-10H2. The molecule has 1 N–H and O–H groups in total. The van der Waals surface area contributed by atoms with E-state index in [0.717, 1.165) is 23.6 Å². The van der Waals surface area contributed by atoms with Crippen LogP contribution < -0.4 is 5.32 Å². The van der Waals surface area contributed by atoms with Crippen LogP contribution in [0, 0.1) is 11.6 Å². The van der Waals surface area contributed by atoms with Crippen molar-refractivity contribution in [2.45, 2.75) is 43.1 Å². The summed E-state index contributed by atoms with van der Waals surface area (Å²) in [5.41, 5.74) is -2.03. The lowest BCUT2D eigenvalue weighted by atomic mass is 9.80. The maximum Gasteiger partial charge on any atom is 0.258 e. The molecule has 170 valence electrons. The van der Waals surface area contributed by atoms with Gasteiger partial charge in [-0.05, 0) is 68.6 Å². The monoisotopic (exact) mass is 452 g/mol. The number of amides is 1. The van der Waals surface area contributed by atoms with E-state index in [2.05, 4.69) is 5.32 Å². The molecule has 4 heterocycles. The van der Waals surface area contributed by atoms with Crippen LogP contribution in [0.5, 0.6) is 0 Å². The van der Waals surface area contributed by atoms with Gasteiger partial charge in [-0.25, -0.2) is 8.78 Å². The fourth-order valence-corrected chi connectivity index (χ4v) is 5.66. The molecule has 6 nitrogen and oxygen atoms in total. The van der Waals surface area contributed by atoms with E-state index in [-0.39, 0.29) is 23.7 Å². The van der Waals surface area contributed by atoms with Gasteiger partial charge in [-0.1, -0.05) is 18.2 Å². The number of halogens is 2. The number of carbonyl (C=O) groups excluding carboxylic acids is 2. The quantitative estimate of drug-likeness (QED) is 0.611. The predicted octanol–water partition coefficient (Wildman–Crippen LogP) is 3.89. The lowest BCUT2D eigenvalue weighted by molar-refractivity contribution is -0.142. The first-order chi connectivity index (χ1) is 15.9. The van der Waals surface area contributed by atoms with Gasteiger partial charge in [0.1, 0.15) is 29.0 Å². The zero-order valence-corrected chi connectivity index (χ0v) is 17.8. The first kappa shape index (κ1) is 20.5. The molecule has 0 saturated carbocycles. The zero-order valence-electron chi connectivity index (χ0n) is 17.8. The number of ether oxygens (including phenoxy) is 1. The summed E-state index contributed by atoms with van der Waals surface area (Å²) in [6, 6.07) is 11.8. The molecule has 6 rings (SSSR count). The van der Waals surface area contributed by atoms with Crippen molar-refractivity contribution < 1.29 is 27.5 Å². The van der Waals surface area contributed by atoms with E-state index in [9.17, 15) is 18.4 Å². The number of hydrogen-bond donors (Lipinski definition) is 1. The van der Waals surface area contributed by atoms with Crippen LogP contribution in [0.1, 0.15) is 41.8 Å². The van der Waals surface area contributed by atoms with Crippen molar-refractivity contribution in [2.75, 3.05) is 13.1 Å². The Bertz CT molecular complexity index is 1230. The molecule has 1 spiro atoms. The first-order valence-electron chi connectivity index (χ1n) is 11.2. The minimum absolute atomic E-state index is 0.0422. The Kier molecular flexibility index (Phi) is 4.47. The molecular weight excluding hydrogens is 430 g/mol. The maximum absolute atomic E-state index is 14.4. The molecule has 2 aromatic carbocycles. The van der Waals surface area contributed by atoms with Crippen LogP contribution in [-0.2, 0) is 15.1 Å². The van der Waals surface area contributed by atoms with Gasteiger partial charge in [-0.3, -0.25) is 14.5 Å². The van der Waals surface area contributed by atoms with Crippen LogP contribution in [0.2, 0.25) is 0 Å². The molecular formula is C25H22F2N2O4. The summed E-state index contributed by atoms with van der Waals surface area (Å²) in [7, 11) is 0. The smallest absolute Gasteiger partial charge is 0.258 e. The fraction of sp³-hybridized carbons (Fsp3) is 0.360. The van der Waals surface area contributed by atoms with Crippen LogP contribution in [0.15, 0.2) is 52.9 Å². The number of para-hydroxylation sites is 1. The average Bonchev–Trinajstić information content (AvgIpc) is 3.46. The first-order valence-corrected chi connectivity index (χ1v) is 11.2. The minimum atomic E-state index is -1.62. The number of nitrogens with one attached hydrogen (secondary N) is 1. The van der Waals surface area contributed by atoms with Gasteiger partial charge in [0.2, 0.25) is 5.78 Å². The molecule has 33 heavy (non-hydrogen) atoms. The van der Waals surface area contributed by atoms with Crippen molar-refractivity contribution in [1.82, 2.24) is 10.2 Å². The van der Waals surface area contributed by atoms with Crippen LogP contribution in [0.25, 0.3) is 11.0 Å². The van der Waals surface area contributed by atoms with Crippen molar-refractivity contribution in [3.8, 4) is 0 Å². The second-order valence-electron chi connectivity index (χ2n) is 9.03. The molecule has 2 unspecified atom stereocenters. The summed E-state index contributed by atoms with van der Waals surface area (Å²) in [4.78, 5) is 29.4. The number of benzene rings is 2. The van der Waals surface area contributed by atoms with E-state index in [4.69, 9.17) is 9.15 Å². The summed E-state index contributed by atoms with van der Waals surface area (Å²) in [6.45, 7) is 1.23. The molecule has 1 aromatic heterocycles. The molecule has 0 radical (unpaired) electrons. The van der Waals surface area contributed by atoms with Gasteiger partial charge < -0.3 is 14.5 Å². The number of nitrogens with zero attached hydrogens (tertiary/aromatic N) is 1. The number of furan rings is 1.